The summed E-state index contributed by atoms with van der Waals surface area (Å²) >= 11 is 0. The minimum atomic E-state index is 0.128. The topological polar surface area (TPSA) is 71.3 Å². The van der Waals surface area contributed by atoms with Crippen molar-refractivity contribution in [3.05, 3.63) is 17.8 Å². The first-order chi connectivity index (χ1) is 14.0. The lowest BCUT2D eigenvalue weighted by Gasteiger charge is -2.22. The number of pyridine rings is 1. The van der Waals surface area contributed by atoms with E-state index in [2.05, 4.69) is 10.00 Å². The van der Waals surface area contributed by atoms with Gasteiger partial charge in [-0.05, 0) is 24.5 Å². The number of rotatable bonds is 4. The van der Waals surface area contributed by atoms with Crippen molar-refractivity contribution >= 4 is 28.5 Å². The second kappa shape index (κ2) is 8.51. The molecule has 0 unspecified atom stereocenters. The highest BCUT2D eigenvalue weighted by atomic mass is 16.2. The molecule has 0 bridgehead atoms. The van der Waals surface area contributed by atoms with Crippen molar-refractivity contribution in [1.29, 1.82) is 0 Å². The summed E-state index contributed by atoms with van der Waals surface area (Å²) in [5.41, 5.74) is 1.31. The van der Waals surface area contributed by atoms with E-state index in [0.29, 0.717) is 24.6 Å². The maximum atomic E-state index is 12.9. The first-order valence-corrected chi connectivity index (χ1v) is 10.9. The summed E-state index contributed by atoms with van der Waals surface area (Å²) in [7, 11) is 1.86. The number of carbonyl (C=O) groups excluding carboxylic acids is 2. The zero-order chi connectivity index (χ0) is 20.4. The molecule has 1 aliphatic carbocycles. The van der Waals surface area contributed by atoms with E-state index in [1.807, 2.05) is 24.1 Å². The monoisotopic (exact) mass is 397 g/mol. The number of carbonyl (C=O) groups is 2. The van der Waals surface area contributed by atoms with E-state index in [9.17, 15) is 9.59 Å². The van der Waals surface area contributed by atoms with E-state index in [1.165, 1.54) is 19.3 Å². The molecule has 0 atom stereocenters. The van der Waals surface area contributed by atoms with E-state index in [0.717, 1.165) is 55.7 Å². The maximum Gasteiger partial charge on any atom is 0.219 e. The van der Waals surface area contributed by atoms with Crippen LogP contribution < -0.4 is 4.90 Å². The number of aromatic nitrogens is 3. The number of anilines is 1. The number of nitrogens with zero attached hydrogens (tertiary/aromatic N) is 5. The van der Waals surface area contributed by atoms with E-state index in [4.69, 9.17) is 4.98 Å². The fourth-order valence-electron chi connectivity index (χ4n) is 4.71. The van der Waals surface area contributed by atoms with Crippen LogP contribution in [0.3, 0.4) is 0 Å². The van der Waals surface area contributed by atoms with E-state index < -0.39 is 0 Å². The van der Waals surface area contributed by atoms with Crippen LogP contribution in [-0.4, -0.2) is 57.5 Å². The lowest BCUT2D eigenvalue weighted by atomic mass is 9.85. The molecule has 4 rings (SSSR count). The summed E-state index contributed by atoms with van der Waals surface area (Å²) in [6.07, 6.45) is 7.61. The van der Waals surface area contributed by atoms with Crippen molar-refractivity contribution < 1.29 is 9.59 Å². The number of hydrogen-bond acceptors (Lipinski definition) is 5. The van der Waals surface area contributed by atoms with Gasteiger partial charge in [0.15, 0.2) is 11.4 Å². The van der Waals surface area contributed by atoms with Gasteiger partial charge in [0.05, 0.1) is 5.39 Å². The predicted molar refractivity (Wildman–Crippen MR) is 113 cm³/mol. The highest BCUT2D eigenvalue weighted by molar-refractivity contribution is 6.05. The second-order valence-corrected chi connectivity index (χ2v) is 8.49. The summed E-state index contributed by atoms with van der Waals surface area (Å²) in [5, 5.41) is 5.37. The Morgan fingerprint density at radius 2 is 1.83 bits per heavy atom. The summed E-state index contributed by atoms with van der Waals surface area (Å²) in [5.74, 6) is 1.66. The van der Waals surface area contributed by atoms with Crippen LogP contribution in [-0.2, 0) is 11.8 Å². The Hall–Kier alpha value is -2.44. The number of aryl methyl sites for hydroxylation is 1. The smallest absolute Gasteiger partial charge is 0.219 e. The highest BCUT2D eigenvalue weighted by Crippen LogP contribution is 2.29. The SMILES string of the molecule is CC(=O)N1CCCN(c2ccc3c(C(=O)CC4CCCCC4)nn(C)c3n2)CC1. The third-order valence-corrected chi connectivity index (χ3v) is 6.40. The minimum absolute atomic E-state index is 0.128. The zero-order valence-corrected chi connectivity index (χ0v) is 17.6. The van der Waals surface area contributed by atoms with Crippen molar-refractivity contribution in [2.45, 2.75) is 51.9 Å². The van der Waals surface area contributed by atoms with Gasteiger partial charge in [0.25, 0.3) is 0 Å². The number of ketones is 1. The number of amides is 1. The molecular formula is C22H31N5O2. The number of fused-ring (bicyclic) bond motifs is 1. The Morgan fingerprint density at radius 3 is 2.59 bits per heavy atom. The summed E-state index contributed by atoms with van der Waals surface area (Å²) < 4.78 is 1.73. The lowest BCUT2D eigenvalue weighted by molar-refractivity contribution is -0.128. The molecular weight excluding hydrogens is 366 g/mol. The van der Waals surface area contributed by atoms with Crippen molar-refractivity contribution in [3.63, 3.8) is 0 Å². The van der Waals surface area contributed by atoms with Gasteiger partial charge in [-0.2, -0.15) is 5.10 Å². The molecule has 0 N–H and O–H groups in total. The van der Waals surface area contributed by atoms with Gasteiger partial charge in [-0.1, -0.05) is 32.1 Å². The molecule has 2 aromatic heterocycles. The Balaban J connectivity index is 1.53. The molecule has 2 fully saturated rings. The van der Waals surface area contributed by atoms with Gasteiger partial charge in [-0.3, -0.25) is 9.59 Å². The average Bonchev–Trinajstić information content (AvgIpc) is 2.90. The maximum absolute atomic E-state index is 12.9. The first-order valence-electron chi connectivity index (χ1n) is 10.9. The van der Waals surface area contributed by atoms with E-state index >= 15 is 0 Å². The van der Waals surface area contributed by atoms with Crippen molar-refractivity contribution in [3.8, 4) is 0 Å². The molecule has 0 spiro atoms. The first kappa shape index (κ1) is 19.9. The third-order valence-electron chi connectivity index (χ3n) is 6.40. The van der Waals surface area contributed by atoms with E-state index in [1.54, 1.807) is 11.6 Å². The third kappa shape index (κ3) is 4.28. The highest BCUT2D eigenvalue weighted by Gasteiger charge is 2.24. The van der Waals surface area contributed by atoms with Gasteiger partial charge >= 0.3 is 0 Å². The molecule has 0 radical (unpaired) electrons. The molecule has 1 amide bonds. The second-order valence-electron chi connectivity index (χ2n) is 8.49. The minimum Gasteiger partial charge on any atom is -0.355 e. The molecule has 7 nitrogen and oxygen atoms in total. The van der Waals surface area contributed by atoms with Crippen LogP contribution in [0.2, 0.25) is 0 Å². The number of hydrogen-bond donors (Lipinski definition) is 0. The van der Waals surface area contributed by atoms with Crippen LogP contribution in [0.15, 0.2) is 12.1 Å². The zero-order valence-electron chi connectivity index (χ0n) is 17.6. The largest absolute Gasteiger partial charge is 0.355 e. The molecule has 2 aromatic rings. The van der Waals surface area contributed by atoms with Crippen molar-refractivity contribution in [2.24, 2.45) is 13.0 Å². The van der Waals surface area contributed by atoms with Gasteiger partial charge in [-0.25, -0.2) is 9.67 Å². The summed E-state index contributed by atoms with van der Waals surface area (Å²) in [4.78, 5) is 33.5. The van der Waals surface area contributed by atoms with Crippen LogP contribution in [0.4, 0.5) is 5.82 Å². The Morgan fingerprint density at radius 1 is 1.03 bits per heavy atom. The van der Waals surface area contributed by atoms with Gasteiger partial charge in [0.1, 0.15) is 11.5 Å². The van der Waals surface area contributed by atoms with E-state index in [-0.39, 0.29) is 11.7 Å². The van der Waals surface area contributed by atoms with Gasteiger partial charge in [0.2, 0.25) is 5.91 Å². The standard InChI is InChI=1S/C22H31N5O2/c1-16(28)26-11-6-12-27(14-13-26)20-10-9-18-21(24-25(2)22(18)23-20)19(29)15-17-7-4-3-5-8-17/h9-10,17H,3-8,11-15H2,1-2H3. The van der Waals surface area contributed by atoms with Crippen molar-refractivity contribution in [1.82, 2.24) is 19.7 Å². The summed E-state index contributed by atoms with van der Waals surface area (Å²) in [6, 6.07) is 3.98. The molecule has 1 aliphatic heterocycles. The molecule has 156 valence electrons. The van der Waals surface area contributed by atoms with Crippen LogP contribution in [0, 0.1) is 5.92 Å². The van der Waals surface area contributed by atoms with Crippen LogP contribution in [0.5, 0.6) is 0 Å². The molecule has 29 heavy (non-hydrogen) atoms. The van der Waals surface area contributed by atoms with Gasteiger partial charge in [-0.15, -0.1) is 0 Å². The van der Waals surface area contributed by atoms with Gasteiger partial charge in [0, 0.05) is 46.6 Å². The molecule has 0 aromatic carbocycles. The lowest BCUT2D eigenvalue weighted by Crippen LogP contribution is -2.33. The normalized spacial score (nSPS) is 18.8. The number of Topliss-reactive ketones (excluding diaryl/α,β-unsaturated/α-hetero) is 1. The Bertz CT molecular complexity index is 900. The van der Waals surface area contributed by atoms with Crippen LogP contribution in [0.1, 0.15) is 62.4 Å². The average molecular weight is 398 g/mol. The van der Waals surface area contributed by atoms with Crippen LogP contribution >= 0.6 is 0 Å². The fraction of sp³-hybridized carbons (Fsp3) is 0.636. The fourth-order valence-corrected chi connectivity index (χ4v) is 4.71. The van der Waals surface area contributed by atoms with Crippen molar-refractivity contribution in [2.75, 3.05) is 31.1 Å². The molecule has 1 saturated carbocycles. The molecule has 2 aliphatic rings. The van der Waals surface area contributed by atoms with Gasteiger partial charge < -0.3 is 9.80 Å². The molecule has 1 saturated heterocycles. The Labute approximate surface area is 172 Å². The van der Waals surface area contributed by atoms with Crippen LogP contribution in [0.25, 0.3) is 11.0 Å². The molecule has 7 heteroatoms. The predicted octanol–water partition coefficient (Wildman–Crippen LogP) is 3.18. The quantitative estimate of drug-likeness (QED) is 0.741. The summed E-state index contributed by atoms with van der Waals surface area (Å²) in [6.45, 7) is 4.77. The molecule has 3 heterocycles. The Kier molecular flexibility index (Phi) is 5.83.